The van der Waals surface area contributed by atoms with E-state index in [1.165, 1.54) is 6.42 Å². The normalized spacial score (nSPS) is 42.8. The number of nitrogens with two attached hydrogens (primary N) is 1. The van der Waals surface area contributed by atoms with Gasteiger partial charge in [0.1, 0.15) is 0 Å². The Hall–Kier alpha value is 0.235. The SMILES string of the molecule is CC(C)C[C@H](N)B1O[C@@H]2C[C@@H]3C[C@@H](C3(C)C)[C@]2(C)O1.Cl. The molecule has 5 heteroatoms. The second-order valence-corrected chi connectivity index (χ2v) is 8.13. The van der Waals surface area contributed by atoms with Gasteiger partial charge in [0.05, 0.1) is 11.7 Å². The van der Waals surface area contributed by atoms with Crippen LogP contribution < -0.4 is 5.73 Å². The third-order valence-electron chi connectivity index (χ3n) is 6.06. The first kappa shape index (κ1) is 16.6. The van der Waals surface area contributed by atoms with Crippen molar-refractivity contribution < 1.29 is 9.31 Å². The van der Waals surface area contributed by atoms with Gasteiger partial charge in [0.25, 0.3) is 0 Å². The Morgan fingerprint density at radius 1 is 1.25 bits per heavy atom. The molecule has 0 spiro atoms. The first-order valence-corrected chi connectivity index (χ1v) is 7.84. The fourth-order valence-corrected chi connectivity index (χ4v) is 4.74. The molecule has 116 valence electrons. The summed E-state index contributed by atoms with van der Waals surface area (Å²) in [6.07, 6.45) is 3.67. The molecular formula is C15H29BClNO2. The fraction of sp³-hybridized carbons (Fsp3) is 1.00. The lowest BCUT2D eigenvalue weighted by molar-refractivity contribution is -0.199. The molecule has 3 nitrogen and oxygen atoms in total. The second kappa shape index (κ2) is 5.15. The first-order chi connectivity index (χ1) is 8.75. The minimum absolute atomic E-state index is 0. The largest absolute Gasteiger partial charge is 0.475 e. The molecule has 4 fully saturated rings. The van der Waals surface area contributed by atoms with Gasteiger partial charge in [-0.05, 0) is 49.4 Å². The van der Waals surface area contributed by atoms with Crippen LogP contribution in [0.5, 0.6) is 0 Å². The van der Waals surface area contributed by atoms with E-state index in [9.17, 15) is 0 Å². The molecule has 0 radical (unpaired) electrons. The fourth-order valence-electron chi connectivity index (χ4n) is 4.74. The lowest BCUT2D eigenvalue weighted by Gasteiger charge is -2.64. The summed E-state index contributed by atoms with van der Waals surface area (Å²) in [6.45, 7) is 11.4. The van der Waals surface area contributed by atoms with Crippen LogP contribution in [-0.2, 0) is 9.31 Å². The van der Waals surface area contributed by atoms with Gasteiger partial charge in [0.15, 0.2) is 0 Å². The predicted molar refractivity (Wildman–Crippen MR) is 84.8 cm³/mol. The summed E-state index contributed by atoms with van der Waals surface area (Å²) in [7, 11) is -0.201. The average molecular weight is 302 g/mol. The first-order valence-electron chi connectivity index (χ1n) is 7.84. The average Bonchev–Trinajstić information content (AvgIpc) is 2.64. The number of halogens is 1. The quantitative estimate of drug-likeness (QED) is 0.815. The zero-order chi connectivity index (χ0) is 14.0. The van der Waals surface area contributed by atoms with Crippen molar-refractivity contribution in [3.8, 4) is 0 Å². The van der Waals surface area contributed by atoms with Crippen LogP contribution in [0.2, 0.25) is 0 Å². The Bertz CT molecular complexity index is 379. The molecule has 1 saturated heterocycles. The standard InChI is InChI=1S/C15H28BNO2.ClH/c1-9(2)6-13(17)16-18-12-8-10-7-11(14(10,3)4)15(12,5)19-16;/h9-13H,6-8,17H2,1-5H3;1H/t10-,11-,12+,13-,15-;/m0./s1. The summed E-state index contributed by atoms with van der Waals surface area (Å²) in [5.74, 6) is 2.02. The maximum atomic E-state index is 6.35. The molecule has 2 N–H and O–H groups in total. The van der Waals surface area contributed by atoms with E-state index in [1.807, 2.05) is 0 Å². The van der Waals surface area contributed by atoms with Crippen molar-refractivity contribution >= 4 is 19.5 Å². The van der Waals surface area contributed by atoms with Gasteiger partial charge < -0.3 is 15.0 Å². The zero-order valence-electron chi connectivity index (χ0n) is 13.4. The zero-order valence-corrected chi connectivity index (χ0v) is 14.2. The minimum Gasteiger partial charge on any atom is -0.404 e. The molecular weight excluding hydrogens is 272 g/mol. The summed E-state index contributed by atoms with van der Waals surface area (Å²) >= 11 is 0. The lowest BCUT2D eigenvalue weighted by atomic mass is 9.43. The highest BCUT2D eigenvalue weighted by Crippen LogP contribution is 2.65. The Morgan fingerprint density at radius 2 is 1.90 bits per heavy atom. The monoisotopic (exact) mass is 301 g/mol. The molecule has 0 aromatic rings. The Balaban J connectivity index is 0.00000147. The van der Waals surface area contributed by atoms with Gasteiger partial charge in [-0.1, -0.05) is 27.7 Å². The van der Waals surface area contributed by atoms with Gasteiger partial charge in [-0.2, -0.15) is 0 Å². The molecule has 3 aliphatic carbocycles. The predicted octanol–water partition coefficient (Wildman–Crippen LogP) is 3.05. The van der Waals surface area contributed by atoms with Crippen molar-refractivity contribution in [3.05, 3.63) is 0 Å². The van der Waals surface area contributed by atoms with E-state index in [0.717, 1.165) is 18.8 Å². The molecule has 1 aliphatic heterocycles. The summed E-state index contributed by atoms with van der Waals surface area (Å²) in [4.78, 5) is 0. The maximum Gasteiger partial charge on any atom is 0.475 e. The van der Waals surface area contributed by atoms with Crippen molar-refractivity contribution in [3.63, 3.8) is 0 Å². The molecule has 0 aromatic heterocycles. The summed E-state index contributed by atoms with van der Waals surface area (Å²) in [5, 5.41) is 0. The molecule has 4 aliphatic rings. The van der Waals surface area contributed by atoms with E-state index < -0.39 is 0 Å². The summed E-state index contributed by atoms with van der Waals surface area (Å²) in [6, 6.07) is 0. The Labute approximate surface area is 129 Å². The van der Waals surface area contributed by atoms with Crippen LogP contribution in [-0.4, -0.2) is 24.8 Å². The molecule has 1 heterocycles. The van der Waals surface area contributed by atoms with Gasteiger partial charge in [-0.25, -0.2) is 0 Å². The summed E-state index contributed by atoms with van der Waals surface area (Å²) in [5.41, 5.74) is 6.56. The van der Waals surface area contributed by atoms with Crippen LogP contribution in [0.15, 0.2) is 0 Å². The van der Waals surface area contributed by atoms with Crippen molar-refractivity contribution in [2.75, 3.05) is 0 Å². The molecule has 3 saturated carbocycles. The second-order valence-electron chi connectivity index (χ2n) is 8.13. The third kappa shape index (κ3) is 2.23. The van der Waals surface area contributed by atoms with Crippen molar-refractivity contribution in [1.29, 1.82) is 0 Å². The molecule has 4 rings (SSSR count). The highest BCUT2D eigenvalue weighted by Gasteiger charge is 2.68. The number of rotatable bonds is 3. The smallest absolute Gasteiger partial charge is 0.404 e. The summed E-state index contributed by atoms with van der Waals surface area (Å²) < 4.78 is 12.5. The number of hydrogen-bond donors (Lipinski definition) is 1. The third-order valence-corrected chi connectivity index (χ3v) is 6.06. The molecule has 2 bridgehead atoms. The van der Waals surface area contributed by atoms with Crippen molar-refractivity contribution in [1.82, 2.24) is 0 Å². The van der Waals surface area contributed by atoms with Gasteiger partial charge in [-0.15, -0.1) is 12.4 Å². The Morgan fingerprint density at radius 3 is 2.45 bits per heavy atom. The van der Waals surface area contributed by atoms with E-state index in [2.05, 4.69) is 34.6 Å². The molecule has 0 unspecified atom stereocenters. The van der Waals surface area contributed by atoms with E-state index in [1.54, 1.807) is 0 Å². The van der Waals surface area contributed by atoms with Crippen LogP contribution in [0.4, 0.5) is 0 Å². The van der Waals surface area contributed by atoms with Crippen LogP contribution in [0, 0.1) is 23.2 Å². The van der Waals surface area contributed by atoms with Crippen LogP contribution in [0.3, 0.4) is 0 Å². The minimum atomic E-state index is -0.201. The van der Waals surface area contributed by atoms with Gasteiger partial charge >= 0.3 is 7.12 Å². The Kier molecular flexibility index (Phi) is 4.28. The topological polar surface area (TPSA) is 44.5 Å². The van der Waals surface area contributed by atoms with E-state index in [0.29, 0.717) is 17.3 Å². The van der Waals surface area contributed by atoms with Crippen LogP contribution in [0.25, 0.3) is 0 Å². The van der Waals surface area contributed by atoms with Crippen molar-refractivity contribution in [2.24, 2.45) is 28.9 Å². The van der Waals surface area contributed by atoms with E-state index in [4.69, 9.17) is 15.0 Å². The molecule has 0 amide bonds. The van der Waals surface area contributed by atoms with Gasteiger partial charge in [-0.3, -0.25) is 0 Å². The van der Waals surface area contributed by atoms with Gasteiger partial charge in [0, 0.05) is 5.94 Å². The lowest BCUT2D eigenvalue weighted by Crippen LogP contribution is -2.65. The van der Waals surface area contributed by atoms with Crippen LogP contribution in [0.1, 0.15) is 53.9 Å². The highest BCUT2D eigenvalue weighted by atomic mass is 35.5. The molecule has 5 atom stereocenters. The molecule has 20 heavy (non-hydrogen) atoms. The number of hydrogen-bond acceptors (Lipinski definition) is 3. The van der Waals surface area contributed by atoms with E-state index >= 15 is 0 Å². The van der Waals surface area contributed by atoms with Crippen molar-refractivity contribution in [2.45, 2.75) is 71.5 Å². The maximum absolute atomic E-state index is 6.35. The van der Waals surface area contributed by atoms with E-state index in [-0.39, 0.29) is 37.2 Å². The highest BCUT2D eigenvalue weighted by molar-refractivity contribution is 6.47. The van der Waals surface area contributed by atoms with Gasteiger partial charge in [0.2, 0.25) is 0 Å². The molecule has 0 aromatic carbocycles. The van der Waals surface area contributed by atoms with Crippen LogP contribution >= 0.6 is 12.4 Å².